The fourth-order valence-corrected chi connectivity index (χ4v) is 1.72. The van der Waals surface area contributed by atoms with Crippen molar-refractivity contribution in [1.82, 2.24) is 9.97 Å². The Labute approximate surface area is 112 Å². The van der Waals surface area contributed by atoms with Crippen LogP contribution in [0.15, 0.2) is 30.6 Å². The summed E-state index contributed by atoms with van der Waals surface area (Å²) in [5, 5.41) is 0. The Morgan fingerprint density at radius 1 is 1.16 bits per heavy atom. The first-order valence-corrected chi connectivity index (χ1v) is 6.14. The van der Waals surface area contributed by atoms with Crippen molar-refractivity contribution in [3.8, 4) is 22.8 Å². The van der Waals surface area contributed by atoms with Crippen LogP contribution in [-0.2, 0) is 0 Å². The highest BCUT2D eigenvalue weighted by atomic mass is 16.5. The first-order chi connectivity index (χ1) is 9.26. The molecule has 19 heavy (non-hydrogen) atoms. The van der Waals surface area contributed by atoms with E-state index in [9.17, 15) is 0 Å². The minimum atomic E-state index is 0.332. The summed E-state index contributed by atoms with van der Waals surface area (Å²) in [6.07, 6.45) is 2.41. The van der Waals surface area contributed by atoms with Gasteiger partial charge >= 0.3 is 0 Å². The average molecular weight is 259 g/mol. The molecule has 0 unspecified atom stereocenters. The number of aromatic nitrogens is 2. The molecule has 2 N–H and O–H groups in total. The van der Waals surface area contributed by atoms with Crippen molar-refractivity contribution in [2.24, 2.45) is 0 Å². The maximum absolute atomic E-state index is 5.76. The van der Waals surface area contributed by atoms with E-state index in [0.717, 1.165) is 17.7 Å². The molecule has 0 aliphatic rings. The van der Waals surface area contributed by atoms with Crippen LogP contribution >= 0.6 is 0 Å². The number of nitrogen functional groups attached to an aromatic ring is 1. The van der Waals surface area contributed by atoms with Gasteiger partial charge in [0.25, 0.3) is 0 Å². The lowest BCUT2D eigenvalue weighted by Gasteiger charge is -2.10. The van der Waals surface area contributed by atoms with Crippen molar-refractivity contribution in [3.63, 3.8) is 0 Å². The minimum absolute atomic E-state index is 0.332. The molecule has 0 spiro atoms. The molecule has 1 aromatic heterocycles. The molecule has 2 aromatic rings. The van der Waals surface area contributed by atoms with Gasteiger partial charge in [-0.3, -0.25) is 0 Å². The third kappa shape index (κ3) is 2.93. The summed E-state index contributed by atoms with van der Waals surface area (Å²) in [4.78, 5) is 8.13. The highest BCUT2D eigenvalue weighted by Gasteiger charge is 2.11. The Morgan fingerprint density at radius 2 is 1.89 bits per heavy atom. The smallest absolute Gasteiger partial charge is 0.187 e. The maximum atomic E-state index is 5.76. The zero-order valence-electron chi connectivity index (χ0n) is 11.1. The number of ether oxygens (including phenoxy) is 2. The summed E-state index contributed by atoms with van der Waals surface area (Å²) in [6, 6.07) is 7.66. The van der Waals surface area contributed by atoms with Gasteiger partial charge in [0.05, 0.1) is 13.7 Å². The molecular formula is C14H17N3O2. The van der Waals surface area contributed by atoms with Crippen LogP contribution in [-0.4, -0.2) is 23.7 Å². The Hall–Kier alpha value is -2.30. The average Bonchev–Trinajstić information content (AvgIpc) is 2.45. The Balaban J connectivity index is 2.29. The second-order valence-electron chi connectivity index (χ2n) is 4.01. The Kier molecular flexibility index (Phi) is 4.18. The highest BCUT2D eigenvalue weighted by molar-refractivity contribution is 5.71. The lowest BCUT2D eigenvalue weighted by Crippen LogP contribution is -2.00. The highest BCUT2D eigenvalue weighted by Crippen LogP contribution is 2.31. The first-order valence-electron chi connectivity index (χ1n) is 6.14. The summed E-state index contributed by atoms with van der Waals surface area (Å²) in [6.45, 7) is 2.78. The SMILES string of the molecule is CCCOc1ccc(-c2ncnc(N)c2OC)cc1. The number of benzene rings is 1. The summed E-state index contributed by atoms with van der Waals surface area (Å²) >= 11 is 0. The molecule has 0 bridgehead atoms. The van der Waals surface area contributed by atoms with E-state index in [-0.39, 0.29) is 0 Å². The molecule has 0 aliphatic carbocycles. The van der Waals surface area contributed by atoms with E-state index >= 15 is 0 Å². The molecule has 0 atom stereocenters. The van der Waals surface area contributed by atoms with E-state index in [1.54, 1.807) is 7.11 Å². The van der Waals surface area contributed by atoms with Gasteiger partial charge in [0.15, 0.2) is 11.6 Å². The lowest BCUT2D eigenvalue weighted by atomic mass is 10.1. The Morgan fingerprint density at radius 3 is 2.53 bits per heavy atom. The minimum Gasteiger partial charge on any atom is -0.494 e. The second kappa shape index (κ2) is 6.04. The van der Waals surface area contributed by atoms with E-state index in [0.29, 0.717) is 23.9 Å². The molecule has 5 heteroatoms. The van der Waals surface area contributed by atoms with Gasteiger partial charge in [0.1, 0.15) is 17.8 Å². The van der Waals surface area contributed by atoms with Gasteiger partial charge < -0.3 is 15.2 Å². The predicted molar refractivity (Wildman–Crippen MR) is 74.2 cm³/mol. The van der Waals surface area contributed by atoms with Gasteiger partial charge in [0, 0.05) is 5.56 Å². The third-order valence-electron chi connectivity index (χ3n) is 2.64. The van der Waals surface area contributed by atoms with Gasteiger partial charge in [-0.2, -0.15) is 0 Å². The molecule has 5 nitrogen and oxygen atoms in total. The first kappa shape index (κ1) is 13.1. The van der Waals surface area contributed by atoms with Crippen LogP contribution in [0, 0.1) is 0 Å². The summed E-state index contributed by atoms with van der Waals surface area (Å²) in [5.41, 5.74) is 7.35. The van der Waals surface area contributed by atoms with Crippen molar-refractivity contribution < 1.29 is 9.47 Å². The number of rotatable bonds is 5. The van der Waals surface area contributed by atoms with E-state index in [1.807, 2.05) is 24.3 Å². The fourth-order valence-electron chi connectivity index (χ4n) is 1.72. The van der Waals surface area contributed by atoms with E-state index < -0.39 is 0 Å². The summed E-state index contributed by atoms with van der Waals surface area (Å²) in [7, 11) is 1.55. The van der Waals surface area contributed by atoms with Crippen LogP contribution in [0.2, 0.25) is 0 Å². The van der Waals surface area contributed by atoms with Gasteiger partial charge in [-0.25, -0.2) is 9.97 Å². The van der Waals surface area contributed by atoms with Crippen LogP contribution in [0.1, 0.15) is 13.3 Å². The fraction of sp³-hybridized carbons (Fsp3) is 0.286. The van der Waals surface area contributed by atoms with Crippen LogP contribution in [0.25, 0.3) is 11.3 Å². The van der Waals surface area contributed by atoms with Gasteiger partial charge in [0.2, 0.25) is 0 Å². The van der Waals surface area contributed by atoms with Gasteiger partial charge in [-0.05, 0) is 30.7 Å². The molecule has 0 saturated heterocycles. The molecule has 1 aromatic carbocycles. The molecule has 0 radical (unpaired) electrons. The molecule has 0 aliphatic heterocycles. The number of nitrogens with zero attached hydrogens (tertiary/aromatic N) is 2. The molecule has 0 amide bonds. The number of hydrogen-bond donors (Lipinski definition) is 1. The van der Waals surface area contributed by atoms with E-state index in [2.05, 4.69) is 16.9 Å². The normalized spacial score (nSPS) is 10.2. The molecule has 100 valence electrons. The van der Waals surface area contributed by atoms with Crippen molar-refractivity contribution in [1.29, 1.82) is 0 Å². The van der Waals surface area contributed by atoms with Crippen molar-refractivity contribution in [3.05, 3.63) is 30.6 Å². The van der Waals surface area contributed by atoms with Crippen molar-refractivity contribution in [2.45, 2.75) is 13.3 Å². The topological polar surface area (TPSA) is 70.3 Å². The molecular weight excluding hydrogens is 242 g/mol. The number of hydrogen-bond acceptors (Lipinski definition) is 5. The van der Waals surface area contributed by atoms with E-state index in [1.165, 1.54) is 6.33 Å². The predicted octanol–water partition coefficient (Wildman–Crippen LogP) is 2.52. The molecule has 0 fully saturated rings. The summed E-state index contributed by atoms with van der Waals surface area (Å²) < 4.78 is 10.8. The van der Waals surface area contributed by atoms with Crippen molar-refractivity contribution >= 4 is 5.82 Å². The number of nitrogens with two attached hydrogens (primary N) is 1. The standard InChI is InChI=1S/C14H17N3O2/c1-3-8-19-11-6-4-10(5-7-11)12-13(18-2)14(15)17-9-16-12/h4-7,9H,3,8H2,1-2H3,(H2,15,16,17). The molecule has 2 rings (SSSR count). The Bertz CT molecular complexity index is 541. The number of anilines is 1. The van der Waals surface area contributed by atoms with Gasteiger partial charge in [-0.15, -0.1) is 0 Å². The number of methoxy groups -OCH3 is 1. The quantitative estimate of drug-likeness (QED) is 0.893. The van der Waals surface area contributed by atoms with Crippen molar-refractivity contribution in [2.75, 3.05) is 19.5 Å². The van der Waals surface area contributed by atoms with Crippen LogP contribution in [0.5, 0.6) is 11.5 Å². The van der Waals surface area contributed by atoms with E-state index in [4.69, 9.17) is 15.2 Å². The summed E-state index contributed by atoms with van der Waals surface area (Å²) in [5.74, 6) is 1.66. The van der Waals surface area contributed by atoms with Crippen LogP contribution < -0.4 is 15.2 Å². The monoisotopic (exact) mass is 259 g/mol. The van der Waals surface area contributed by atoms with Crippen LogP contribution in [0.4, 0.5) is 5.82 Å². The van der Waals surface area contributed by atoms with Gasteiger partial charge in [-0.1, -0.05) is 6.92 Å². The zero-order chi connectivity index (χ0) is 13.7. The molecule has 1 heterocycles. The maximum Gasteiger partial charge on any atom is 0.187 e. The zero-order valence-corrected chi connectivity index (χ0v) is 11.1. The molecule has 0 saturated carbocycles. The second-order valence-corrected chi connectivity index (χ2v) is 4.01. The lowest BCUT2D eigenvalue weighted by molar-refractivity contribution is 0.317. The van der Waals surface area contributed by atoms with Crippen LogP contribution in [0.3, 0.4) is 0 Å². The largest absolute Gasteiger partial charge is 0.494 e. The third-order valence-corrected chi connectivity index (χ3v) is 2.64.